The van der Waals surface area contributed by atoms with Crippen LogP contribution < -0.4 is 4.74 Å². The zero-order chi connectivity index (χ0) is 21.4. The molecule has 1 saturated heterocycles. The predicted octanol–water partition coefficient (Wildman–Crippen LogP) is 3.73. The summed E-state index contributed by atoms with van der Waals surface area (Å²) in [5, 5.41) is 11.6. The molecule has 156 valence electrons. The lowest BCUT2D eigenvalue weighted by molar-refractivity contribution is -0.140. The maximum absolute atomic E-state index is 12.9. The molecule has 2 atom stereocenters. The van der Waals surface area contributed by atoms with Gasteiger partial charge in [0.05, 0.1) is 18.2 Å². The van der Waals surface area contributed by atoms with Gasteiger partial charge in [0.2, 0.25) is 0 Å². The molecule has 0 bridgehead atoms. The second-order valence-electron chi connectivity index (χ2n) is 7.50. The summed E-state index contributed by atoms with van der Waals surface area (Å²) in [5.41, 5.74) is 2.13. The topological polar surface area (TPSA) is 76.1 Å². The molecule has 0 radical (unpaired) electrons. The third-order valence-electron chi connectivity index (χ3n) is 5.41. The number of Topliss-reactive ketones (excluding diaryl/α,β-unsaturated/α-hetero) is 1. The fourth-order valence-electron chi connectivity index (χ4n) is 4.05. The number of likely N-dealkylation sites (tertiary alicyclic amines) is 1. The monoisotopic (exact) mass is 427 g/mol. The van der Waals surface area contributed by atoms with Gasteiger partial charge in [-0.15, -0.1) is 0 Å². The van der Waals surface area contributed by atoms with Crippen molar-refractivity contribution in [3.63, 3.8) is 0 Å². The normalized spacial score (nSPS) is 22.3. The zero-order valence-electron chi connectivity index (χ0n) is 16.7. The molecule has 7 heteroatoms. The lowest BCUT2D eigenvalue weighted by Gasteiger charge is -2.25. The number of halogens is 1. The van der Waals surface area contributed by atoms with E-state index in [9.17, 15) is 14.7 Å². The van der Waals surface area contributed by atoms with Gasteiger partial charge in [0.25, 0.3) is 11.7 Å². The first-order valence-corrected chi connectivity index (χ1v) is 10.1. The summed E-state index contributed by atoms with van der Waals surface area (Å²) < 4.78 is 10.8. The van der Waals surface area contributed by atoms with Crippen LogP contribution in [0.2, 0.25) is 5.02 Å². The molecule has 2 aromatic rings. The molecule has 0 unspecified atom stereocenters. The fourth-order valence-corrected chi connectivity index (χ4v) is 4.25. The van der Waals surface area contributed by atoms with Gasteiger partial charge in [-0.2, -0.15) is 0 Å². The van der Waals surface area contributed by atoms with E-state index in [4.69, 9.17) is 21.1 Å². The van der Waals surface area contributed by atoms with E-state index in [1.165, 1.54) is 12.0 Å². The first-order chi connectivity index (χ1) is 14.4. The standard InChI is InChI=1S/C23H22ClNO5/c1-13-10-16-11-15(6-7-18(16)30-13)21(26)19-20(14-4-3-5-17(24)12-14)25(8-9-29-2)23(28)22(19)27/h3-7,11-13,20,26H,8-10H2,1-2H3/t13-,20-/m1/s1. The molecule has 1 N–H and O–H groups in total. The summed E-state index contributed by atoms with van der Waals surface area (Å²) in [6.07, 6.45) is 0.777. The molecule has 2 aliphatic heterocycles. The second-order valence-corrected chi connectivity index (χ2v) is 7.93. The van der Waals surface area contributed by atoms with E-state index in [2.05, 4.69) is 0 Å². The molecule has 4 rings (SSSR count). The van der Waals surface area contributed by atoms with E-state index in [1.807, 2.05) is 13.0 Å². The molecule has 0 spiro atoms. The van der Waals surface area contributed by atoms with Crippen molar-refractivity contribution >= 4 is 29.1 Å². The Bertz CT molecular complexity index is 1050. The smallest absolute Gasteiger partial charge is 0.295 e. The molecule has 6 nitrogen and oxygen atoms in total. The third kappa shape index (κ3) is 3.57. The van der Waals surface area contributed by atoms with Crippen LogP contribution in [0.5, 0.6) is 5.75 Å². The number of carbonyl (C=O) groups is 2. The Morgan fingerprint density at radius 1 is 1.27 bits per heavy atom. The number of aliphatic hydroxyl groups is 1. The number of aliphatic hydroxyl groups excluding tert-OH is 1. The van der Waals surface area contributed by atoms with Crippen molar-refractivity contribution in [1.82, 2.24) is 4.90 Å². The summed E-state index contributed by atoms with van der Waals surface area (Å²) in [5.74, 6) is -0.832. The largest absolute Gasteiger partial charge is 0.507 e. The number of rotatable bonds is 5. The average molecular weight is 428 g/mol. The van der Waals surface area contributed by atoms with Gasteiger partial charge in [-0.25, -0.2) is 0 Å². The van der Waals surface area contributed by atoms with Crippen LogP contribution >= 0.6 is 11.6 Å². The van der Waals surface area contributed by atoms with Gasteiger partial charge in [0, 0.05) is 30.7 Å². The minimum Gasteiger partial charge on any atom is -0.507 e. The van der Waals surface area contributed by atoms with Crippen molar-refractivity contribution in [3.05, 3.63) is 69.8 Å². The number of amides is 1. The van der Waals surface area contributed by atoms with Crippen molar-refractivity contribution < 1.29 is 24.2 Å². The van der Waals surface area contributed by atoms with Crippen LogP contribution in [0.25, 0.3) is 5.76 Å². The van der Waals surface area contributed by atoms with Crippen LogP contribution in [0, 0.1) is 0 Å². The number of methoxy groups -OCH3 is 1. The Hall–Kier alpha value is -2.83. The molecule has 0 saturated carbocycles. The van der Waals surface area contributed by atoms with Crippen LogP contribution in [-0.2, 0) is 20.7 Å². The summed E-state index contributed by atoms with van der Waals surface area (Å²) in [6, 6.07) is 11.5. The van der Waals surface area contributed by atoms with E-state index in [0.29, 0.717) is 16.1 Å². The van der Waals surface area contributed by atoms with E-state index in [1.54, 1.807) is 36.4 Å². The molecule has 30 heavy (non-hydrogen) atoms. The number of ketones is 1. The van der Waals surface area contributed by atoms with Crippen LogP contribution in [0.15, 0.2) is 48.0 Å². The molecule has 2 aromatic carbocycles. The fraction of sp³-hybridized carbons (Fsp3) is 0.304. The maximum atomic E-state index is 12.9. The van der Waals surface area contributed by atoms with Crippen molar-refractivity contribution in [2.75, 3.05) is 20.3 Å². The number of nitrogens with zero attached hydrogens (tertiary/aromatic N) is 1. The van der Waals surface area contributed by atoms with Crippen molar-refractivity contribution in [3.8, 4) is 5.75 Å². The van der Waals surface area contributed by atoms with Gasteiger partial charge < -0.3 is 19.5 Å². The lowest BCUT2D eigenvalue weighted by Crippen LogP contribution is -2.32. The Labute approximate surface area is 179 Å². The minimum atomic E-state index is -0.748. The van der Waals surface area contributed by atoms with Crippen LogP contribution in [-0.4, -0.2) is 48.1 Å². The highest BCUT2D eigenvalue weighted by atomic mass is 35.5. The van der Waals surface area contributed by atoms with E-state index < -0.39 is 17.7 Å². The number of fused-ring (bicyclic) bond motifs is 1. The second kappa shape index (κ2) is 8.13. The lowest BCUT2D eigenvalue weighted by atomic mass is 9.94. The highest BCUT2D eigenvalue weighted by Crippen LogP contribution is 2.40. The molecule has 0 aromatic heterocycles. The van der Waals surface area contributed by atoms with Gasteiger partial charge in [0.15, 0.2) is 0 Å². The Kier molecular flexibility index (Phi) is 5.54. The zero-order valence-corrected chi connectivity index (χ0v) is 17.5. The highest BCUT2D eigenvalue weighted by molar-refractivity contribution is 6.46. The SMILES string of the molecule is COCCN1C(=O)C(=O)C(=C(O)c2ccc3c(c2)C[C@@H](C)O3)[C@H]1c1cccc(Cl)c1. The van der Waals surface area contributed by atoms with E-state index in [0.717, 1.165) is 17.7 Å². The molecule has 2 aliphatic rings. The Morgan fingerprint density at radius 3 is 2.80 bits per heavy atom. The van der Waals surface area contributed by atoms with Crippen LogP contribution in [0.1, 0.15) is 29.7 Å². The van der Waals surface area contributed by atoms with E-state index >= 15 is 0 Å². The van der Waals surface area contributed by atoms with Gasteiger partial charge in [-0.3, -0.25) is 9.59 Å². The minimum absolute atomic E-state index is 0.0466. The number of ether oxygens (including phenoxy) is 2. The quantitative estimate of drug-likeness (QED) is 0.447. The molecule has 0 aliphatic carbocycles. The van der Waals surface area contributed by atoms with Crippen molar-refractivity contribution in [1.29, 1.82) is 0 Å². The predicted molar refractivity (Wildman–Crippen MR) is 113 cm³/mol. The molecule has 1 fully saturated rings. The van der Waals surface area contributed by atoms with Gasteiger partial charge in [-0.05, 0) is 48.4 Å². The number of hydrogen-bond acceptors (Lipinski definition) is 5. The van der Waals surface area contributed by atoms with Crippen molar-refractivity contribution in [2.45, 2.75) is 25.5 Å². The molecular formula is C23H22ClNO5. The molecular weight excluding hydrogens is 406 g/mol. The summed E-state index contributed by atoms with van der Waals surface area (Å²) in [6.45, 7) is 2.45. The molecule has 2 heterocycles. The van der Waals surface area contributed by atoms with Gasteiger partial charge >= 0.3 is 0 Å². The Balaban J connectivity index is 1.83. The number of carbonyl (C=O) groups excluding carboxylic acids is 2. The summed E-state index contributed by atoms with van der Waals surface area (Å²) in [7, 11) is 1.53. The van der Waals surface area contributed by atoms with Crippen molar-refractivity contribution in [2.24, 2.45) is 0 Å². The van der Waals surface area contributed by atoms with Gasteiger partial charge in [0.1, 0.15) is 17.6 Å². The Morgan fingerprint density at radius 2 is 2.07 bits per heavy atom. The first-order valence-electron chi connectivity index (χ1n) is 9.73. The van der Waals surface area contributed by atoms with Crippen LogP contribution in [0.4, 0.5) is 0 Å². The summed E-state index contributed by atoms with van der Waals surface area (Å²) in [4.78, 5) is 27.1. The average Bonchev–Trinajstić information content (AvgIpc) is 3.22. The third-order valence-corrected chi connectivity index (χ3v) is 5.65. The summed E-state index contributed by atoms with van der Waals surface area (Å²) >= 11 is 6.16. The van der Waals surface area contributed by atoms with E-state index in [-0.39, 0.29) is 30.6 Å². The highest BCUT2D eigenvalue weighted by Gasteiger charge is 2.46. The number of benzene rings is 2. The molecule has 1 amide bonds. The first kappa shape index (κ1) is 20.4. The maximum Gasteiger partial charge on any atom is 0.295 e. The number of hydrogen-bond donors (Lipinski definition) is 1. The van der Waals surface area contributed by atoms with Gasteiger partial charge in [-0.1, -0.05) is 23.7 Å². The van der Waals surface area contributed by atoms with Crippen LogP contribution in [0.3, 0.4) is 0 Å².